The quantitative estimate of drug-likeness (QED) is 0.227. The van der Waals surface area contributed by atoms with Gasteiger partial charge in [0.2, 0.25) is 0 Å². The topological polar surface area (TPSA) is 128 Å². The Morgan fingerprint density at radius 2 is 0.875 bits per heavy atom. The third kappa shape index (κ3) is 14.8. The average Bonchev–Trinajstić information content (AvgIpc) is 2.87. The molecule has 0 aromatic carbocycles. The first kappa shape index (κ1) is 40.4. The summed E-state index contributed by atoms with van der Waals surface area (Å²) in [5.74, 6) is 0. The molecular formula is C26H55N3O8Si3. The molecule has 0 fully saturated rings. The van der Waals surface area contributed by atoms with Crippen molar-refractivity contribution in [3.63, 3.8) is 0 Å². The van der Waals surface area contributed by atoms with Gasteiger partial charge in [-0.1, -0.05) is 25.7 Å². The average molecular weight is 622 g/mol. The maximum atomic E-state index is 13.3. The lowest BCUT2D eigenvalue weighted by atomic mass is 10.4. The molecule has 0 aliphatic carbocycles. The second-order valence-electron chi connectivity index (χ2n) is 11.4. The van der Waals surface area contributed by atoms with E-state index in [4.69, 9.17) is 22.9 Å². The number of aromatic nitrogens is 3. The molecule has 1 rings (SSSR count). The Balaban J connectivity index is 0. The number of rotatable bonds is 18. The van der Waals surface area contributed by atoms with Crippen LogP contribution in [0, 0.1) is 0 Å². The van der Waals surface area contributed by atoms with Gasteiger partial charge in [-0.15, -0.1) is 0 Å². The summed E-state index contributed by atoms with van der Waals surface area (Å²) in [5, 5.41) is 0. The maximum Gasteiger partial charge on any atom is 0.336 e. The molecule has 11 nitrogen and oxygen atoms in total. The van der Waals surface area contributed by atoms with Crippen LogP contribution in [0.25, 0.3) is 0 Å². The Morgan fingerprint density at radius 1 is 0.550 bits per heavy atom. The van der Waals surface area contributed by atoms with Crippen molar-refractivity contribution in [3.8, 4) is 0 Å². The van der Waals surface area contributed by atoms with Crippen molar-refractivity contribution in [1.29, 1.82) is 0 Å². The van der Waals surface area contributed by atoms with Crippen LogP contribution in [0.4, 0.5) is 0 Å². The number of carbonyl (C=O) groups is 2. The van der Waals surface area contributed by atoms with Crippen LogP contribution in [0.15, 0.2) is 14.4 Å². The summed E-state index contributed by atoms with van der Waals surface area (Å²) in [4.78, 5) is 55.9. The van der Waals surface area contributed by atoms with Crippen LogP contribution >= 0.6 is 0 Å². The summed E-state index contributed by atoms with van der Waals surface area (Å²) in [6.07, 6.45) is 2.00. The lowest BCUT2D eigenvalue weighted by Gasteiger charge is -2.26. The van der Waals surface area contributed by atoms with Gasteiger partial charge in [-0.05, 0) is 71.8 Å². The normalized spacial score (nSPS) is 11.8. The van der Waals surface area contributed by atoms with E-state index < -0.39 is 42.0 Å². The highest BCUT2D eigenvalue weighted by atomic mass is 28.4. The molecule has 40 heavy (non-hydrogen) atoms. The zero-order valence-corrected chi connectivity index (χ0v) is 29.5. The first-order valence-corrected chi connectivity index (χ1v) is 23.5. The van der Waals surface area contributed by atoms with Gasteiger partial charge in [0, 0.05) is 47.5 Å². The lowest BCUT2D eigenvalue weighted by molar-refractivity contribution is -0.0987. The SMILES string of the molecule is C=O.C=O.CCO[Si](C)(C)CCCn1c(=O)n(CCC[Si](C)(C)C)c(=O)n(CCC[Si](C)(OCC)OCC)c1=O. The Hall–Kier alpha value is -1.72. The van der Waals surface area contributed by atoms with Gasteiger partial charge in [-0.25, -0.2) is 28.1 Å². The molecule has 0 spiro atoms. The van der Waals surface area contributed by atoms with E-state index in [0.29, 0.717) is 51.8 Å². The fourth-order valence-corrected chi connectivity index (χ4v) is 10.1. The van der Waals surface area contributed by atoms with E-state index in [-0.39, 0.29) is 6.54 Å². The zero-order valence-electron chi connectivity index (χ0n) is 26.5. The van der Waals surface area contributed by atoms with E-state index in [1.807, 2.05) is 40.9 Å². The molecule has 0 amide bonds. The first-order valence-electron chi connectivity index (χ1n) is 14.1. The van der Waals surface area contributed by atoms with E-state index in [0.717, 1.165) is 18.5 Å². The molecule has 0 saturated heterocycles. The molecule has 0 aliphatic heterocycles. The Bertz CT molecular complexity index is 1010. The van der Waals surface area contributed by atoms with E-state index in [1.54, 1.807) is 0 Å². The Labute approximate surface area is 243 Å². The number of hydrogen-bond acceptors (Lipinski definition) is 8. The van der Waals surface area contributed by atoms with Crippen LogP contribution in [0.3, 0.4) is 0 Å². The highest BCUT2D eigenvalue weighted by Crippen LogP contribution is 2.16. The van der Waals surface area contributed by atoms with E-state index in [1.165, 1.54) is 13.7 Å². The van der Waals surface area contributed by atoms with Crippen LogP contribution in [-0.4, -0.2) is 72.1 Å². The van der Waals surface area contributed by atoms with Crippen LogP contribution in [0.1, 0.15) is 40.0 Å². The molecule has 0 radical (unpaired) electrons. The van der Waals surface area contributed by atoms with Gasteiger partial charge in [-0.2, -0.15) is 0 Å². The summed E-state index contributed by atoms with van der Waals surface area (Å²) in [6, 6.07) is 2.52. The van der Waals surface area contributed by atoms with E-state index in [2.05, 4.69) is 32.7 Å². The van der Waals surface area contributed by atoms with Crippen LogP contribution < -0.4 is 17.1 Å². The summed E-state index contributed by atoms with van der Waals surface area (Å²) in [7, 11) is -5.52. The highest BCUT2D eigenvalue weighted by molar-refractivity contribution is 6.76. The molecule has 0 saturated carbocycles. The van der Waals surface area contributed by atoms with Crippen molar-refractivity contribution < 1.29 is 22.9 Å². The lowest BCUT2D eigenvalue weighted by Crippen LogP contribution is -2.55. The van der Waals surface area contributed by atoms with Gasteiger partial charge >= 0.3 is 25.6 Å². The molecule has 234 valence electrons. The first-order chi connectivity index (χ1) is 18.7. The van der Waals surface area contributed by atoms with E-state index >= 15 is 0 Å². The fraction of sp³-hybridized carbons (Fsp3) is 0.808. The Kier molecular flexibility index (Phi) is 20.4. The van der Waals surface area contributed by atoms with Gasteiger partial charge in [0.1, 0.15) is 13.6 Å². The summed E-state index contributed by atoms with van der Waals surface area (Å²) >= 11 is 0. The molecule has 1 aromatic rings. The molecule has 1 heterocycles. The summed E-state index contributed by atoms with van der Waals surface area (Å²) < 4.78 is 21.5. The standard InChI is InChI=1S/C24H51N3O6Si3.2CH2O/c1-10-31-35(7,8)20-14-17-26-22(28)25(16-13-19-34(4,5)6)23(29)27(24(26)30)18-15-21-36(9,32-11-2)33-12-3;2*1-2/h10-21H2,1-9H3;2*1H2. The molecule has 14 heteroatoms. The highest BCUT2D eigenvalue weighted by Gasteiger charge is 2.30. The predicted molar refractivity (Wildman–Crippen MR) is 169 cm³/mol. The molecular weight excluding hydrogens is 567 g/mol. The molecule has 0 unspecified atom stereocenters. The predicted octanol–water partition coefficient (Wildman–Crippen LogP) is 3.70. The zero-order chi connectivity index (χ0) is 31.6. The van der Waals surface area contributed by atoms with Crippen molar-refractivity contribution in [1.82, 2.24) is 13.7 Å². The maximum absolute atomic E-state index is 13.3. The minimum absolute atomic E-state index is 0.244. The third-order valence-electron chi connectivity index (χ3n) is 6.30. The van der Waals surface area contributed by atoms with Crippen LogP contribution in [0.5, 0.6) is 0 Å². The van der Waals surface area contributed by atoms with Crippen LogP contribution in [-0.2, 0) is 42.5 Å². The largest absolute Gasteiger partial charge is 0.418 e. The molecule has 1 aromatic heterocycles. The molecule has 0 bridgehead atoms. The monoisotopic (exact) mass is 621 g/mol. The number of carbonyl (C=O) groups excluding carboxylic acids is 2. The van der Waals surface area contributed by atoms with Gasteiger partial charge in [-0.3, -0.25) is 0 Å². The van der Waals surface area contributed by atoms with Crippen molar-refractivity contribution in [2.45, 2.75) is 117 Å². The summed E-state index contributed by atoms with van der Waals surface area (Å²) in [5.41, 5.74) is -1.51. The second kappa shape index (κ2) is 20.2. The van der Waals surface area contributed by atoms with Crippen molar-refractivity contribution in [2.75, 3.05) is 19.8 Å². The number of nitrogens with zero attached hydrogens (tertiary/aromatic N) is 3. The van der Waals surface area contributed by atoms with Crippen LogP contribution in [0.2, 0.25) is 57.4 Å². The van der Waals surface area contributed by atoms with Gasteiger partial charge in [0.25, 0.3) is 0 Å². The van der Waals surface area contributed by atoms with Gasteiger partial charge < -0.3 is 22.9 Å². The minimum Gasteiger partial charge on any atom is -0.418 e. The second-order valence-corrected chi connectivity index (χ2v) is 24.6. The van der Waals surface area contributed by atoms with Crippen molar-refractivity contribution >= 4 is 38.5 Å². The number of hydrogen-bond donors (Lipinski definition) is 0. The molecule has 0 N–H and O–H groups in total. The van der Waals surface area contributed by atoms with Crippen molar-refractivity contribution in [2.24, 2.45) is 0 Å². The van der Waals surface area contributed by atoms with Gasteiger partial charge in [0.05, 0.1) is 0 Å². The smallest absolute Gasteiger partial charge is 0.336 e. The Morgan fingerprint density at radius 3 is 1.20 bits per heavy atom. The van der Waals surface area contributed by atoms with Crippen molar-refractivity contribution in [3.05, 3.63) is 31.5 Å². The van der Waals surface area contributed by atoms with Gasteiger partial charge in [0.15, 0.2) is 8.32 Å². The fourth-order valence-electron chi connectivity index (χ4n) is 4.50. The minimum atomic E-state index is -2.37. The molecule has 0 atom stereocenters. The third-order valence-corrected chi connectivity index (χ3v) is 13.8. The summed E-state index contributed by atoms with van der Waals surface area (Å²) in [6.45, 7) is 25.7. The molecule has 0 aliphatic rings. The van der Waals surface area contributed by atoms with E-state index in [9.17, 15) is 14.4 Å².